The molecule has 11 heteroatoms. The van der Waals surface area contributed by atoms with Crippen molar-refractivity contribution >= 4 is 23.4 Å². The number of alkyl halides is 6. The fourth-order valence-corrected chi connectivity index (χ4v) is 3.89. The molecule has 4 rings (SSSR count). The first-order valence-electron chi connectivity index (χ1n) is 7.03. The Morgan fingerprint density at radius 3 is 2.20 bits per heavy atom. The molecule has 3 aliphatic rings. The lowest BCUT2D eigenvalue weighted by Crippen LogP contribution is -2.53. The standard InChI is InChI=1S/C14H11F6NO3S/c15-13(16,17)6-1-7(14(18,19)20)3-8(2-6)21-10-4-9(12(21)24-10)25-5-11(22)23/h1-3,9-10,12H,4-5H2,(H,22,23). The predicted molar refractivity (Wildman–Crippen MR) is 76.1 cm³/mol. The molecule has 3 saturated heterocycles. The van der Waals surface area contributed by atoms with Crippen LogP contribution >= 0.6 is 11.8 Å². The summed E-state index contributed by atoms with van der Waals surface area (Å²) in [4.78, 5) is 11.9. The van der Waals surface area contributed by atoms with Gasteiger partial charge >= 0.3 is 18.3 Å². The van der Waals surface area contributed by atoms with E-state index >= 15 is 0 Å². The largest absolute Gasteiger partial charge is 0.481 e. The van der Waals surface area contributed by atoms with Crippen molar-refractivity contribution in [2.24, 2.45) is 0 Å². The summed E-state index contributed by atoms with van der Waals surface area (Å²) < 4.78 is 82.9. The lowest BCUT2D eigenvalue weighted by molar-refractivity contribution is -0.143. The number of carbonyl (C=O) groups is 1. The molecule has 138 valence electrons. The van der Waals surface area contributed by atoms with E-state index < -0.39 is 41.9 Å². The van der Waals surface area contributed by atoms with Crippen LogP contribution in [0, 0.1) is 0 Å². The highest BCUT2D eigenvalue weighted by Gasteiger charge is 2.54. The number of rotatable bonds is 4. The quantitative estimate of drug-likeness (QED) is 0.797. The number of carboxylic acids is 1. The maximum atomic E-state index is 12.9. The number of ether oxygens (including phenoxy) is 1. The van der Waals surface area contributed by atoms with Crippen molar-refractivity contribution in [3.05, 3.63) is 29.3 Å². The van der Waals surface area contributed by atoms with Crippen LogP contribution in [0.4, 0.5) is 32.0 Å². The lowest BCUT2D eigenvalue weighted by atomic mass is 10.1. The first-order chi connectivity index (χ1) is 11.5. The number of halogens is 6. The van der Waals surface area contributed by atoms with Gasteiger partial charge in [-0.1, -0.05) is 0 Å². The Balaban J connectivity index is 1.89. The fourth-order valence-electron chi connectivity index (χ4n) is 2.87. The second kappa shape index (κ2) is 5.97. The van der Waals surface area contributed by atoms with Crippen LogP contribution in [0.25, 0.3) is 0 Å². The van der Waals surface area contributed by atoms with Crippen LogP contribution in [-0.4, -0.2) is 34.5 Å². The molecule has 1 aromatic rings. The second-order valence-corrected chi connectivity index (χ2v) is 6.86. The highest BCUT2D eigenvalue weighted by molar-refractivity contribution is 8.00. The van der Waals surface area contributed by atoms with Gasteiger partial charge in [0.1, 0.15) is 12.5 Å². The number of hydrogen-bond donors (Lipinski definition) is 1. The van der Waals surface area contributed by atoms with Gasteiger partial charge in [-0.25, -0.2) is 0 Å². The Hall–Kier alpha value is -1.62. The number of fused-ring (bicyclic) bond motifs is 1. The van der Waals surface area contributed by atoms with E-state index in [4.69, 9.17) is 9.84 Å². The third kappa shape index (κ3) is 3.52. The van der Waals surface area contributed by atoms with Gasteiger partial charge in [-0.2, -0.15) is 26.3 Å². The second-order valence-electron chi connectivity index (χ2n) is 5.63. The van der Waals surface area contributed by atoms with Gasteiger partial charge in [0.15, 0.2) is 0 Å². The monoisotopic (exact) mass is 387 g/mol. The average molecular weight is 387 g/mol. The normalized spacial score (nSPS) is 25.8. The van der Waals surface area contributed by atoms with Crippen LogP contribution in [0.15, 0.2) is 18.2 Å². The van der Waals surface area contributed by atoms with E-state index in [1.807, 2.05) is 0 Å². The Kier molecular flexibility index (Phi) is 4.34. The summed E-state index contributed by atoms with van der Waals surface area (Å²) in [5.74, 6) is -1.28. The van der Waals surface area contributed by atoms with Gasteiger partial charge in [-0.05, 0) is 18.2 Å². The highest BCUT2D eigenvalue weighted by atomic mass is 32.2. The predicted octanol–water partition coefficient (Wildman–Crippen LogP) is 3.80. The maximum Gasteiger partial charge on any atom is 0.416 e. The first kappa shape index (κ1) is 18.2. The van der Waals surface area contributed by atoms with E-state index in [9.17, 15) is 31.1 Å². The molecule has 0 radical (unpaired) electrons. The number of aliphatic carboxylic acids is 1. The Morgan fingerprint density at radius 1 is 1.16 bits per heavy atom. The fraction of sp³-hybridized carbons (Fsp3) is 0.500. The number of thioether (sulfide) groups is 1. The summed E-state index contributed by atoms with van der Waals surface area (Å²) in [6.07, 6.45) is -10.9. The van der Waals surface area contributed by atoms with Crippen LogP contribution in [0.3, 0.4) is 0 Å². The van der Waals surface area contributed by atoms with Crippen LogP contribution in [-0.2, 0) is 21.9 Å². The van der Waals surface area contributed by atoms with Gasteiger partial charge in [0, 0.05) is 12.1 Å². The number of benzene rings is 1. The molecule has 0 amide bonds. The van der Waals surface area contributed by atoms with Crippen molar-refractivity contribution in [3.8, 4) is 0 Å². The Morgan fingerprint density at radius 2 is 1.72 bits per heavy atom. The molecule has 0 aliphatic carbocycles. The topological polar surface area (TPSA) is 49.8 Å². The lowest BCUT2D eigenvalue weighted by Gasteiger charge is -2.43. The van der Waals surface area contributed by atoms with Crippen LogP contribution in [0.1, 0.15) is 17.5 Å². The number of anilines is 1. The third-order valence-electron chi connectivity index (χ3n) is 3.92. The van der Waals surface area contributed by atoms with E-state index in [-0.39, 0.29) is 22.8 Å². The van der Waals surface area contributed by atoms with Crippen molar-refractivity contribution in [2.45, 2.75) is 36.5 Å². The molecule has 4 nitrogen and oxygen atoms in total. The summed E-state index contributed by atoms with van der Waals surface area (Å²) >= 11 is 1.05. The zero-order chi connectivity index (χ0) is 18.6. The Labute approximate surface area is 141 Å². The molecule has 0 spiro atoms. The minimum absolute atomic E-state index is 0.0721. The van der Waals surface area contributed by atoms with E-state index in [0.29, 0.717) is 18.6 Å². The summed E-state index contributed by atoms with van der Waals surface area (Å²) in [7, 11) is 0. The summed E-state index contributed by atoms with van der Waals surface area (Å²) in [5, 5.41) is 8.35. The summed E-state index contributed by atoms with van der Waals surface area (Å²) in [5.41, 5.74) is -3.02. The summed E-state index contributed by atoms with van der Waals surface area (Å²) in [6.45, 7) is 0. The molecular weight excluding hydrogens is 376 g/mol. The first-order valence-corrected chi connectivity index (χ1v) is 8.08. The van der Waals surface area contributed by atoms with E-state index in [1.54, 1.807) is 0 Å². The number of hydrogen-bond acceptors (Lipinski definition) is 4. The van der Waals surface area contributed by atoms with Gasteiger partial charge in [-0.3, -0.25) is 4.79 Å². The molecule has 1 N–H and O–H groups in total. The molecule has 3 unspecified atom stereocenters. The van der Waals surface area contributed by atoms with Crippen molar-refractivity contribution in [3.63, 3.8) is 0 Å². The van der Waals surface area contributed by atoms with Gasteiger partial charge in [0.2, 0.25) is 0 Å². The van der Waals surface area contributed by atoms with E-state index in [1.165, 1.54) is 4.90 Å². The summed E-state index contributed by atoms with van der Waals surface area (Å²) in [6, 6.07) is 1.38. The van der Waals surface area contributed by atoms with Crippen molar-refractivity contribution in [1.82, 2.24) is 0 Å². The average Bonchev–Trinajstić information content (AvgIpc) is 3.01. The zero-order valence-electron chi connectivity index (χ0n) is 12.3. The molecule has 3 fully saturated rings. The van der Waals surface area contributed by atoms with E-state index in [2.05, 4.69) is 0 Å². The van der Waals surface area contributed by atoms with Gasteiger partial charge < -0.3 is 14.7 Å². The van der Waals surface area contributed by atoms with Crippen LogP contribution in [0.5, 0.6) is 0 Å². The molecule has 0 aromatic heterocycles. The molecular formula is C14H11F6NO3S. The number of carboxylic acid groups (broad SMARTS) is 1. The van der Waals surface area contributed by atoms with Gasteiger partial charge in [-0.15, -0.1) is 11.8 Å². The third-order valence-corrected chi connectivity index (χ3v) is 5.19. The Bertz CT molecular complexity index is 660. The van der Waals surface area contributed by atoms with Gasteiger partial charge in [0.25, 0.3) is 0 Å². The van der Waals surface area contributed by atoms with Crippen molar-refractivity contribution in [2.75, 3.05) is 10.7 Å². The minimum Gasteiger partial charge on any atom is -0.481 e. The molecule has 3 heterocycles. The molecule has 3 aliphatic heterocycles. The molecule has 3 atom stereocenters. The maximum absolute atomic E-state index is 12.9. The SMILES string of the molecule is O=C(O)CSC1CC2OC1N2c1cc(C(F)(F)F)cc(C(F)(F)F)c1. The van der Waals surface area contributed by atoms with Crippen molar-refractivity contribution < 1.29 is 41.0 Å². The van der Waals surface area contributed by atoms with Crippen LogP contribution < -0.4 is 4.90 Å². The molecule has 0 saturated carbocycles. The minimum atomic E-state index is -4.92. The van der Waals surface area contributed by atoms with Crippen molar-refractivity contribution in [1.29, 1.82) is 0 Å². The van der Waals surface area contributed by atoms with Crippen LogP contribution in [0.2, 0.25) is 0 Å². The smallest absolute Gasteiger partial charge is 0.416 e. The zero-order valence-corrected chi connectivity index (χ0v) is 13.1. The highest BCUT2D eigenvalue weighted by Crippen LogP contribution is 2.48. The molecule has 2 bridgehead atoms. The van der Waals surface area contributed by atoms with Gasteiger partial charge in [0.05, 0.1) is 22.1 Å². The molecule has 1 aromatic carbocycles. The molecule has 25 heavy (non-hydrogen) atoms. The van der Waals surface area contributed by atoms with E-state index in [0.717, 1.165) is 11.8 Å². The number of nitrogens with zero attached hydrogens (tertiary/aromatic N) is 1.